The van der Waals surface area contributed by atoms with Gasteiger partial charge in [0.15, 0.2) is 17.1 Å². The quantitative estimate of drug-likeness (QED) is 0.799. The zero-order valence-electron chi connectivity index (χ0n) is 11.9. The van der Waals surface area contributed by atoms with E-state index in [1.165, 1.54) is 0 Å². The van der Waals surface area contributed by atoms with Crippen LogP contribution in [0.25, 0.3) is 11.3 Å². The summed E-state index contributed by atoms with van der Waals surface area (Å²) in [7, 11) is 0. The Kier molecular flexibility index (Phi) is 5.05. The van der Waals surface area contributed by atoms with E-state index in [-0.39, 0.29) is 41.6 Å². The van der Waals surface area contributed by atoms with E-state index in [9.17, 15) is 9.90 Å². The summed E-state index contributed by atoms with van der Waals surface area (Å²) in [6.07, 6.45) is 2.66. The van der Waals surface area contributed by atoms with Crippen LogP contribution in [0.5, 0.6) is 0 Å². The lowest BCUT2D eigenvalue weighted by atomic mass is 10.1. The molecule has 0 saturated heterocycles. The van der Waals surface area contributed by atoms with Gasteiger partial charge in [-0.2, -0.15) is 0 Å². The van der Waals surface area contributed by atoms with Crippen LogP contribution in [0.15, 0.2) is 34.9 Å². The summed E-state index contributed by atoms with van der Waals surface area (Å²) < 4.78 is 5.26. The molecule has 0 amide bonds. The van der Waals surface area contributed by atoms with Gasteiger partial charge in [-0.15, -0.1) is 12.4 Å². The fraction of sp³-hybridized carbons (Fsp3) is 0.333. The third kappa shape index (κ3) is 3.23. The molecule has 2 aromatic rings. The van der Waals surface area contributed by atoms with Crippen molar-refractivity contribution in [2.45, 2.75) is 31.3 Å². The number of carboxylic acids is 1. The second-order valence-electron chi connectivity index (χ2n) is 5.32. The number of hydrogen-bond acceptors (Lipinski definition) is 5. The molecule has 0 unspecified atom stereocenters. The van der Waals surface area contributed by atoms with Crippen molar-refractivity contribution in [1.29, 1.82) is 0 Å². The molecule has 1 saturated carbocycles. The molecule has 1 aromatic heterocycles. The van der Waals surface area contributed by atoms with Crippen molar-refractivity contribution in [3.05, 3.63) is 35.9 Å². The second kappa shape index (κ2) is 6.81. The standard InChI is InChI=1S/C15H17N3O3.ClH/c16-10-6-7-11(8-10)17-14-12(15(19)20)13(21-18-14)9-4-2-1-3-5-9;/h1-5,10-11H,6-8,16H2,(H,17,18)(H,19,20);1H/t10-,11-;/m1./s1. The highest BCUT2D eigenvalue weighted by Gasteiger charge is 2.28. The van der Waals surface area contributed by atoms with Crippen LogP contribution in [0.3, 0.4) is 0 Å². The minimum atomic E-state index is -1.06. The molecule has 1 aliphatic rings. The normalized spacial score (nSPS) is 20.4. The van der Waals surface area contributed by atoms with E-state index >= 15 is 0 Å². The number of benzene rings is 1. The number of aromatic carboxylic acids is 1. The van der Waals surface area contributed by atoms with Gasteiger partial charge in [0.25, 0.3) is 0 Å². The molecule has 1 heterocycles. The van der Waals surface area contributed by atoms with Gasteiger partial charge in [-0.25, -0.2) is 4.79 Å². The van der Waals surface area contributed by atoms with Crippen molar-refractivity contribution in [1.82, 2.24) is 5.16 Å². The van der Waals surface area contributed by atoms with E-state index in [0.717, 1.165) is 19.3 Å². The van der Waals surface area contributed by atoms with Crippen molar-refractivity contribution in [3.63, 3.8) is 0 Å². The first kappa shape index (κ1) is 16.3. The van der Waals surface area contributed by atoms with Gasteiger partial charge in [-0.3, -0.25) is 0 Å². The van der Waals surface area contributed by atoms with E-state index in [0.29, 0.717) is 5.56 Å². The van der Waals surface area contributed by atoms with Gasteiger partial charge < -0.3 is 20.7 Å². The van der Waals surface area contributed by atoms with Crippen LogP contribution in [0.4, 0.5) is 5.82 Å². The smallest absolute Gasteiger partial charge is 0.343 e. The molecule has 2 atom stereocenters. The minimum Gasteiger partial charge on any atom is -0.477 e. The topological polar surface area (TPSA) is 101 Å². The number of nitrogens with two attached hydrogens (primary N) is 1. The fourth-order valence-corrected chi connectivity index (χ4v) is 2.71. The maximum atomic E-state index is 11.6. The first-order chi connectivity index (χ1) is 10.1. The average molecular weight is 324 g/mol. The summed E-state index contributed by atoms with van der Waals surface area (Å²) in [5, 5.41) is 16.5. The Morgan fingerprint density at radius 1 is 1.32 bits per heavy atom. The average Bonchev–Trinajstić information content (AvgIpc) is 3.07. The number of carboxylic acid groups (broad SMARTS) is 1. The van der Waals surface area contributed by atoms with Crippen LogP contribution in [0, 0.1) is 0 Å². The molecule has 1 aliphatic carbocycles. The molecule has 6 nitrogen and oxygen atoms in total. The van der Waals surface area contributed by atoms with Gasteiger partial charge in [0.2, 0.25) is 0 Å². The van der Waals surface area contributed by atoms with E-state index in [1.54, 1.807) is 12.1 Å². The van der Waals surface area contributed by atoms with E-state index in [2.05, 4.69) is 10.5 Å². The molecule has 0 aliphatic heterocycles. The van der Waals surface area contributed by atoms with Gasteiger partial charge >= 0.3 is 5.97 Å². The molecule has 1 fully saturated rings. The number of rotatable bonds is 4. The van der Waals surface area contributed by atoms with Crippen molar-refractivity contribution in [2.75, 3.05) is 5.32 Å². The highest BCUT2D eigenvalue weighted by molar-refractivity contribution is 5.99. The lowest BCUT2D eigenvalue weighted by Crippen LogP contribution is -2.21. The Morgan fingerprint density at radius 3 is 2.64 bits per heavy atom. The fourth-order valence-electron chi connectivity index (χ4n) is 2.71. The van der Waals surface area contributed by atoms with Crippen LogP contribution >= 0.6 is 12.4 Å². The minimum absolute atomic E-state index is 0. The van der Waals surface area contributed by atoms with E-state index in [4.69, 9.17) is 10.3 Å². The lowest BCUT2D eigenvalue weighted by Gasteiger charge is -2.11. The Hall–Kier alpha value is -2.05. The van der Waals surface area contributed by atoms with Crippen LogP contribution in [0.1, 0.15) is 29.6 Å². The molecular formula is C15H18ClN3O3. The third-order valence-corrected chi connectivity index (χ3v) is 3.76. The molecule has 0 spiro atoms. The lowest BCUT2D eigenvalue weighted by molar-refractivity contribution is 0.0698. The number of halogens is 1. The van der Waals surface area contributed by atoms with Crippen LogP contribution in [0.2, 0.25) is 0 Å². The molecule has 118 valence electrons. The summed E-state index contributed by atoms with van der Waals surface area (Å²) in [6.45, 7) is 0. The zero-order valence-corrected chi connectivity index (χ0v) is 12.7. The summed E-state index contributed by atoms with van der Waals surface area (Å²) >= 11 is 0. The van der Waals surface area contributed by atoms with Crippen LogP contribution in [-0.2, 0) is 0 Å². The van der Waals surface area contributed by atoms with Crippen molar-refractivity contribution in [3.8, 4) is 11.3 Å². The summed E-state index contributed by atoms with van der Waals surface area (Å²) in [5.74, 6) is -0.506. The van der Waals surface area contributed by atoms with Gasteiger partial charge in [0.05, 0.1) is 0 Å². The largest absolute Gasteiger partial charge is 0.477 e. The molecule has 0 radical (unpaired) electrons. The summed E-state index contributed by atoms with van der Waals surface area (Å²) in [5.41, 5.74) is 6.64. The Morgan fingerprint density at radius 2 is 2.05 bits per heavy atom. The zero-order chi connectivity index (χ0) is 14.8. The maximum Gasteiger partial charge on any atom is 0.343 e. The van der Waals surface area contributed by atoms with E-state index < -0.39 is 5.97 Å². The number of aromatic nitrogens is 1. The highest BCUT2D eigenvalue weighted by atomic mass is 35.5. The second-order valence-corrected chi connectivity index (χ2v) is 5.32. The molecule has 3 rings (SSSR count). The third-order valence-electron chi connectivity index (χ3n) is 3.76. The van der Waals surface area contributed by atoms with Gasteiger partial charge in [0, 0.05) is 17.6 Å². The predicted octanol–water partition coefficient (Wildman–Crippen LogP) is 2.75. The van der Waals surface area contributed by atoms with Crippen LogP contribution < -0.4 is 11.1 Å². The van der Waals surface area contributed by atoms with Gasteiger partial charge in [-0.05, 0) is 19.3 Å². The van der Waals surface area contributed by atoms with Crippen LogP contribution in [-0.4, -0.2) is 28.3 Å². The SMILES string of the molecule is Cl.N[C@@H]1CC[C@@H](Nc2noc(-c3ccccc3)c2C(=O)O)C1. The predicted molar refractivity (Wildman–Crippen MR) is 85.4 cm³/mol. The first-order valence-electron chi connectivity index (χ1n) is 6.95. The Balaban J connectivity index is 0.00000176. The monoisotopic (exact) mass is 323 g/mol. The molecule has 0 bridgehead atoms. The van der Waals surface area contributed by atoms with E-state index in [1.807, 2.05) is 18.2 Å². The van der Waals surface area contributed by atoms with Gasteiger partial charge in [0.1, 0.15) is 0 Å². The molecular weight excluding hydrogens is 306 g/mol. The number of nitrogens with one attached hydrogen (secondary N) is 1. The number of carbonyl (C=O) groups is 1. The summed E-state index contributed by atoms with van der Waals surface area (Å²) in [4.78, 5) is 11.6. The maximum absolute atomic E-state index is 11.6. The van der Waals surface area contributed by atoms with Crippen molar-refractivity contribution in [2.24, 2.45) is 5.73 Å². The molecule has 7 heteroatoms. The summed E-state index contributed by atoms with van der Waals surface area (Å²) in [6, 6.07) is 9.41. The van der Waals surface area contributed by atoms with Gasteiger partial charge in [-0.1, -0.05) is 35.5 Å². The number of anilines is 1. The van der Waals surface area contributed by atoms with Crippen molar-refractivity contribution >= 4 is 24.2 Å². The number of nitrogens with zero attached hydrogens (tertiary/aromatic N) is 1. The highest BCUT2D eigenvalue weighted by Crippen LogP contribution is 2.31. The number of hydrogen-bond donors (Lipinski definition) is 3. The first-order valence-corrected chi connectivity index (χ1v) is 6.95. The molecule has 22 heavy (non-hydrogen) atoms. The Labute approximate surface area is 134 Å². The molecule has 1 aromatic carbocycles. The van der Waals surface area contributed by atoms with Crippen molar-refractivity contribution < 1.29 is 14.4 Å². The Bertz CT molecular complexity index is 645. The molecule has 4 N–H and O–H groups in total.